The number of fused-ring (bicyclic) bond motifs is 2. The SMILES string of the molecule is C[C@@H]1CCO[C@H]2Cn3cc(-c4cn(Cc5ccc(F)cc5F)nn4)c(=O)c(O)c3C(=O)N12. The Balaban J connectivity index is 1.50. The lowest BCUT2D eigenvalue weighted by Gasteiger charge is -2.44. The van der Waals surface area contributed by atoms with Gasteiger partial charge in [-0.1, -0.05) is 11.3 Å². The molecular weight excluding hydrogens is 424 g/mol. The number of aromatic nitrogens is 4. The quantitative estimate of drug-likeness (QED) is 0.662. The second kappa shape index (κ2) is 7.52. The highest BCUT2D eigenvalue weighted by Gasteiger charge is 2.40. The molecule has 0 radical (unpaired) electrons. The predicted molar refractivity (Wildman–Crippen MR) is 107 cm³/mol. The minimum Gasteiger partial charge on any atom is -0.503 e. The van der Waals surface area contributed by atoms with Gasteiger partial charge in [0.05, 0.1) is 31.5 Å². The first-order valence-electron chi connectivity index (χ1n) is 10.1. The first-order chi connectivity index (χ1) is 15.3. The van der Waals surface area contributed by atoms with Gasteiger partial charge in [0, 0.05) is 23.9 Å². The number of aromatic hydroxyl groups is 1. The summed E-state index contributed by atoms with van der Waals surface area (Å²) in [4.78, 5) is 27.4. The molecule has 1 fully saturated rings. The highest BCUT2D eigenvalue weighted by Crippen LogP contribution is 2.30. The largest absolute Gasteiger partial charge is 0.503 e. The molecule has 1 amide bonds. The average molecular weight is 443 g/mol. The summed E-state index contributed by atoms with van der Waals surface area (Å²) >= 11 is 0. The van der Waals surface area contributed by atoms with Gasteiger partial charge in [0.15, 0.2) is 17.7 Å². The van der Waals surface area contributed by atoms with Crippen molar-refractivity contribution in [3.63, 3.8) is 0 Å². The molecule has 0 unspecified atom stereocenters. The van der Waals surface area contributed by atoms with Crippen LogP contribution in [-0.2, 0) is 17.8 Å². The molecule has 11 heteroatoms. The fourth-order valence-electron chi connectivity index (χ4n) is 4.16. The van der Waals surface area contributed by atoms with Gasteiger partial charge in [0.25, 0.3) is 5.91 Å². The number of carbonyl (C=O) groups is 1. The number of carbonyl (C=O) groups excluding carboxylic acids is 1. The maximum Gasteiger partial charge on any atom is 0.276 e. The van der Waals surface area contributed by atoms with Crippen LogP contribution in [0.15, 0.2) is 35.4 Å². The zero-order chi connectivity index (χ0) is 22.6. The van der Waals surface area contributed by atoms with Crippen LogP contribution < -0.4 is 5.43 Å². The van der Waals surface area contributed by atoms with Crippen molar-refractivity contribution in [1.82, 2.24) is 24.5 Å². The molecule has 5 rings (SSSR count). The van der Waals surface area contributed by atoms with Crippen molar-refractivity contribution in [3.8, 4) is 17.0 Å². The third-order valence-electron chi connectivity index (χ3n) is 5.84. The number of hydrogen-bond acceptors (Lipinski definition) is 6. The monoisotopic (exact) mass is 443 g/mol. The summed E-state index contributed by atoms with van der Waals surface area (Å²) in [6, 6.07) is 3.14. The lowest BCUT2D eigenvalue weighted by atomic mass is 10.1. The average Bonchev–Trinajstić information content (AvgIpc) is 3.21. The highest BCUT2D eigenvalue weighted by atomic mass is 19.1. The van der Waals surface area contributed by atoms with E-state index in [2.05, 4.69) is 10.3 Å². The van der Waals surface area contributed by atoms with E-state index in [-0.39, 0.29) is 41.6 Å². The fraction of sp³-hybridized carbons (Fsp3) is 0.333. The van der Waals surface area contributed by atoms with Gasteiger partial charge in [-0.05, 0) is 19.4 Å². The van der Waals surface area contributed by atoms with E-state index in [1.807, 2.05) is 6.92 Å². The van der Waals surface area contributed by atoms with E-state index in [1.165, 1.54) is 27.7 Å². The Morgan fingerprint density at radius 3 is 2.84 bits per heavy atom. The number of halogens is 2. The maximum absolute atomic E-state index is 13.9. The summed E-state index contributed by atoms with van der Waals surface area (Å²) in [6.45, 7) is 2.63. The third kappa shape index (κ3) is 3.25. The number of amides is 1. The van der Waals surface area contributed by atoms with Crippen molar-refractivity contribution in [1.29, 1.82) is 0 Å². The number of benzene rings is 1. The number of hydrogen-bond donors (Lipinski definition) is 1. The maximum atomic E-state index is 13.9. The van der Waals surface area contributed by atoms with E-state index in [4.69, 9.17) is 4.74 Å². The molecular formula is C21H19F2N5O4. The van der Waals surface area contributed by atoms with Crippen LogP contribution in [0.3, 0.4) is 0 Å². The van der Waals surface area contributed by atoms with Crippen molar-refractivity contribution < 1.29 is 23.4 Å². The van der Waals surface area contributed by atoms with Crippen molar-refractivity contribution in [2.45, 2.75) is 38.7 Å². The van der Waals surface area contributed by atoms with Gasteiger partial charge < -0.3 is 19.3 Å². The number of nitrogens with zero attached hydrogens (tertiary/aromatic N) is 5. The van der Waals surface area contributed by atoms with E-state index < -0.39 is 34.9 Å². The minimum absolute atomic E-state index is 0.0291. The molecule has 3 aromatic rings. The van der Waals surface area contributed by atoms with E-state index >= 15 is 0 Å². The molecule has 0 saturated carbocycles. The van der Waals surface area contributed by atoms with Crippen LogP contribution in [0.5, 0.6) is 5.75 Å². The van der Waals surface area contributed by atoms with Gasteiger partial charge in [-0.25, -0.2) is 13.5 Å². The number of pyridine rings is 1. The summed E-state index contributed by atoms with van der Waals surface area (Å²) in [5.41, 5.74) is -0.456. The van der Waals surface area contributed by atoms with Crippen molar-refractivity contribution in [3.05, 3.63) is 63.7 Å². The molecule has 4 heterocycles. The van der Waals surface area contributed by atoms with Crippen LogP contribution in [-0.4, -0.2) is 54.4 Å². The molecule has 1 N–H and O–H groups in total. The van der Waals surface area contributed by atoms with Crippen molar-refractivity contribution in [2.24, 2.45) is 0 Å². The Morgan fingerprint density at radius 2 is 2.06 bits per heavy atom. The van der Waals surface area contributed by atoms with Crippen LogP contribution in [0.4, 0.5) is 8.78 Å². The molecule has 1 aromatic carbocycles. The van der Waals surface area contributed by atoms with Gasteiger partial charge in [-0.2, -0.15) is 0 Å². The smallest absolute Gasteiger partial charge is 0.276 e. The van der Waals surface area contributed by atoms with Gasteiger partial charge in [0.1, 0.15) is 17.3 Å². The van der Waals surface area contributed by atoms with Crippen LogP contribution in [0.25, 0.3) is 11.3 Å². The second-order valence-electron chi connectivity index (χ2n) is 7.93. The van der Waals surface area contributed by atoms with Gasteiger partial charge in [-0.3, -0.25) is 9.59 Å². The van der Waals surface area contributed by atoms with Crippen LogP contribution in [0.1, 0.15) is 29.4 Å². The summed E-state index contributed by atoms with van der Waals surface area (Å²) in [7, 11) is 0. The minimum atomic E-state index is -0.756. The van der Waals surface area contributed by atoms with Crippen LogP contribution in [0.2, 0.25) is 0 Å². The Morgan fingerprint density at radius 1 is 1.25 bits per heavy atom. The fourth-order valence-corrected chi connectivity index (χ4v) is 4.16. The molecule has 32 heavy (non-hydrogen) atoms. The first-order valence-corrected chi connectivity index (χ1v) is 10.1. The summed E-state index contributed by atoms with van der Waals surface area (Å²) in [5.74, 6) is -2.54. The standard InChI is InChI=1S/C21H19F2N5O4/c1-11-4-5-32-17-10-26-8-14(19(29)20(30)18(26)21(31)28(11)17)16-9-27(25-24-16)7-12-2-3-13(22)6-15(12)23/h2-3,6,8-9,11,17,30H,4-5,7,10H2,1H3/t11-,17+/m1/s1. The number of rotatable bonds is 3. The second-order valence-corrected chi connectivity index (χ2v) is 7.93. The highest BCUT2D eigenvalue weighted by molar-refractivity contribution is 5.96. The Labute approximate surface area is 180 Å². The molecule has 2 aliphatic heterocycles. The Hall–Kier alpha value is -3.60. The first kappa shape index (κ1) is 20.3. The molecule has 0 bridgehead atoms. The molecule has 0 aliphatic carbocycles. The zero-order valence-corrected chi connectivity index (χ0v) is 17.0. The normalized spacial score (nSPS) is 20.2. The van der Waals surface area contributed by atoms with Crippen molar-refractivity contribution >= 4 is 5.91 Å². The topological polar surface area (TPSA) is 102 Å². The summed E-state index contributed by atoms with van der Waals surface area (Å²) in [5, 5.41) is 18.4. The zero-order valence-electron chi connectivity index (χ0n) is 17.0. The molecule has 2 aromatic heterocycles. The van der Waals surface area contributed by atoms with Crippen LogP contribution in [0, 0.1) is 11.6 Å². The molecule has 1 saturated heterocycles. The Kier molecular flexibility index (Phi) is 4.77. The van der Waals surface area contributed by atoms with Crippen molar-refractivity contribution in [2.75, 3.05) is 6.61 Å². The lowest BCUT2D eigenvalue weighted by Crippen LogP contribution is -2.56. The van der Waals surface area contributed by atoms with E-state index in [9.17, 15) is 23.5 Å². The molecule has 166 valence electrons. The molecule has 2 aliphatic rings. The van der Waals surface area contributed by atoms with Gasteiger partial charge >= 0.3 is 0 Å². The predicted octanol–water partition coefficient (Wildman–Crippen LogP) is 1.73. The van der Waals surface area contributed by atoms with Crippen LogP contribution >= 0.6 is 0 Å². The van der Waals surface area contributed by atoms with E-state index in [1.54, 1.807) is 4.90 Å². The Bertz CT molecular complexity index is 1290. The molecule has 9 nitrogen and oxygen atoms in total. The van der Waals surface area contributed by atoms with E-state index in [0.29, 0.717) is 13.0 Å². The van der Waals surface area contributed by atoms with E-state index in [0.717, 1.165) is 12.1 Å². The lowest BCUT2D eigenvalue weighted by molar-refractivity contribution is -0.112. The van der Waals surface area contributed by atoms with Gasteiger partial charge in [0.2, 0.25) is 5.43 Å². The summed E-state index contributed by atoms with van der Waals surface area (Å²) < 4.78 is 35.6. The third-order valence-corrected chi connectivity index (χ3v) is 5.84. The molecule has 2 atom stereocenters. The van der Waals surface area contributed by atoms with Gasteiger partial charge in [-0.15, -0.1) is 5.10 Å². The summed E-state index contributed by atoms with van der Waals surface area (Å²) in [6.07, 6.45) is 3.04. The molecule has 0 spiro atoms. The number of ether oxygens (including phenoxy) is 1.